The third-order valence-electron chi connectivity index (χ3n) is 5.85. The summed E-state index contributed by atoms with van der Waals surface area (Å²) in [5, 5.41) is 9.05. The van der Waals surface area contributed by atoms with Gasteiger partial charge in [0, 0.05) is 12.5 Å². The monoisotopic (exact) mass is 404 g/mol. The van der Waals surface area contributed by atoms with E-state index >= 15 is 0 Å². The Labute approximate surface area is 172 Å². The van der Waals surface area contributed by atoms with Crippen LogP contribution >= 0.6 is 0 Å². The molecule has 0 unspecified atom stereocenters. The van der Waals surface area contributed by atoms with Crippen molar-refractivity contribution in [2.75, 3.05) is 13.2 Å². The van der Waals surface area contributed by atoms with E-state index in [2.05, 4.69) is 29.2 Å². The van der Waals surface area contributed by atoms with Crippen molar-refractivity contribution in [2.24, 2.45) is 0 Å². The van der Waals surface area contributed by atoms with E-state index < -0.39 is 18.1 Å². The molecule has 0 bridgehead atoms. The number of hydrogen-bond acceptors (Lipinski definition) is 5. The van der Waals surface area contributed by atoms with E-state index in [9.17, 15) is 9.59 Å². The van der Waals surface area contributed by atoms with Crippen LogP contribution in [0.2, 0.25) is 0 Å². The fourth-order valence-corrected chi connectivity index (χ4v) is 4.46. The summed E-state index contributed by atoms with van der Waals surface area (Å²) in [5.41, 5.74) is 4.50. The second kappa shape index (κ2) is 7.33. The number of aromatic carboxylic acids is 1. The number of ether oxygens (including phenoxy) is 1. The van der Waals surface area contributed by atoms with Crippen molar-refractivity contribution in [3.8, 4) is 11.1 Å². The Morgan fingerprint density at radius 1 is 1.10 bits per heavy atom. The zero-order valence-electron chi connectivity index (χ0n) is 16.2. The first kappa shape index (κ1) is 18.4. The molecule has 1 N–H and O–H groups in total. The van der Waals surface area contributed by atoms with E-state index in [1.807, 2.05) is 24.3 Å². The molecule has 3 aromatic rings. The van der Waals surface area contributed by atoms with Gasteiger partial charge in [-0.2, -0.15) is 0 Å². The van der Waals surface area contributed by atoms with E-state index in [4.69, 9.17) is 14.3 Å². The molecule has 30 heavy (non-hydrogen) atoms. The number of hydrogen-bond donors (Lipinski definition) is 1. The molecular weight excluding hydrogens is 384 g/mol. The summed E-state index contributed by atoms with van der Waals surface area (Å²) in [6, 6.07) is 16.0. The Bertz CT molecular complexity index is 1080. The molecule has 1 aromatic heterocycles. The van der Waals surface area contributed by atoms with Crippen LogP contribution in [-0.2, 0) is 4.74 Å². The molecule has 2 heterocycles. The van der Waals surface area contributed by atoms with E-state index in [0.29, 0.717) is 13.0 Å². The van der Waals surface area contributed by atoms with Crippen LogP contribution < -0.4 is 0 Å². The molecule has 2 aromatic carbocycles. The molecule has 0 radical (unpaired) electrons. The average molecular weight is 404 g/mol. The number of benzene rings is 2. The maximum atomic E-state index is 12.9. The number of carbonyl (C=O) groups excluding carboxylic acids is 1. The molecular formula is C23H20N2O5. The van der Waals surface area contributed by atoms with Gasteiger partial charge in [-0.1, -0.05) is 48.5 Å². The Kier molecular flexibility index (Phi) is 4.50. The van der Waals surface area contributed by atoms with Crippen molar-refractivity contribution in [3.63, 3.8) is 0 Å². The first-order chi connectivity index (χ1) is 14.6. The molecule has 7 heteroatoms. The molecule has 7 nitrogen and oxygen atoms in total. The van der Waals surface area contributed by atoms with Gasteiger partial charge in [0.25, 0.3) is 0 Å². The molecule has 0 saturated carbocycles. The van der Waals surface area contributed by atoms with Crippen molar-refractivity contribution >= 4 is 12.1 Å². The van der Waals surface area contributed by atoms with Crippen molar-refractivity contribution in [1.82, 2.24) is 9.88 Å². The smallest absolute Gasteiger partial charge is 0.410 e. The highest BCUT2D eigenvalue weighted by Gasteiger charge is 2.36. The van der Waals surface area contributed by atoms with Gasteiger partial charge in [0.1, 0.15) is 18.9 Å². The fraction of sp³-hybridized carbons (Fsp3) is 0.261. The predicted octanol–water partition coefficient (Wildman–Crippen LogP) is 4.46. The molecule has 1 aliphatic carbocycles. The Morgan fingerprint density at radius 2 is 1.77 bits per heavy atom. The number of fused-ring (bicyclic) bond motifs is 3. The van der Waals surface area contributed by atoms with Gasteiger partial charge < -0.3 is 14.3 Å². The molecule has 1 fully saturated rings. The lowest BCUT2D eigenvalue weighted by atomic mass is 9.98. The third-order valence-corrected chi connectivity index (χ3v) is 5.85. The van der Waals surface area contributed by atoms with Crippen molar-refractivity contribution in [3.05, 3.63) is 77.5 Å². The van der Waals surface area contributed by atoms with Gasteiger partial charge in [0.05, 0.1) is 0 Å². The Hall–Kier alpha value is -3.61. The highest BCUT2D eigenvalue weighted by molar-refractivity contribution is 5.84. The number of oxazole rings is 1. The zero-order valence-corrected chi connectivity index (χ0v) is 16.2. The molecule has 1 amide bonds. The number of rotatable bonds is 4. The van der Waals surface area contributed by atoms with Crippen LogP contribution in [-0.4, -0.2) is 40.2 Å². The number of likely N-dealkylation sites (tertiary alicyclic amines) is 1. The topological polar surface area (TPSA) is 92.9 Å². The number of carboxylic acids is 1. The summed E-state index contributed by atoms with van der Waals surface area (Å²) >= 11 is 0. The molecule has 152 valence electrons. The number of aromatic nitrogens is 1. The summed E-state index contributed by atoms with van der Waals surface area (Å²) in [6.45, 7) is 0.758. The highest BCUT2D eigenvalue weighted by Crippen LogP contribution is 2.44. The van der Waals surface area contributed by atoms with Crippen LogP contribution in [0.3, 0.4) is 0 Å². The van der Waals surface area contributed by atoms with Crippen molar-refractivity contribution < 1.29 is 23.8 Å². The van der Waals surface area contributed by atoms with Crippen LogP contribution in [0.1, 0.15) is 52.3 Å². The number of nitrogens with zero attached hydrogens (tertiary/aromatic N) is 2. The standard InChI is InChI=1S/C23H20N2O5/c26-22(27)19-13-29-21(24-19)20-10-5-11-25(20)23(28)30-12-18-16-8-3-1-6-14(16)15-7-2-4-9-17(15)18/h1-4,6-9,13,18,20H,5,10-12H2,(H,26,27)/t20-/m0/s1. The van der Waals surface area contributed by atoms with Gasteiger partial charge in [-0.25, -0.2) is 14.6 Å². The average Bonchev–Trinajstić information content (AvgIpc) is 3.49. The number of carboxylic acid groups (broad SMARTS) is 1. The SMILES string of the molecule is O=C(O)c1coc([C@@H]2CCCN2C(=O)OCC2c3ccccc3-c3ccccc32)n1. The molecule has 5 rings (SSSR count). The maximum absolute atomic E-state index is 12.9. The van der Waals surface area contributed by atoms with Gasteiger partial charge in [-0.05, 0) is 35.1 Å². The minimum absolute atomic E-state index is 0.0113. The lowest BCUT2D eigenvalue weighted by Gasteiger charge is -2.23. The highest BCUT2D eigenvalue weighted by atomic mass is 16.6. The Morgan fingerprint density at radius 3 is 2.40 bits per heavy atom. The van der Waals surface area contributed by atoms with Gasteiger partial charge in [-0.3, -0.25) is 4.90 Å². The zero-order chi connectivity index (χ0) is 20.7. The number of amides is 1. The summed E-state index contributed by atoms with van der Waals surface area (Å²) in [4.78, 5) is 29.5. The van der Waals surface area contributed by atoms with Crippen molar-refractivity contribution in [2.45, 2.75) is 24.8 Å². The van der Waals surface area contributed by atoms with Gasteiger partial charge >= 0.3 is 12.1 Å². The van der Waals surface area contributed by atoms with Crippen LogP contribution in [0.15, 0.2) is 59.2 Å². The summed E-state index contributed by atoms with van der Waals surface area (Å²) in [7, 11) is 0. The van der Waals surface area contributed by atoms with Gasteiger partial charge in [-0.15, -0.1) is 0 Å². The van der Waals surface area contributed by atoms with Crippen molar-refractivity contribution in [1.29, 1.82) is 0 Å². The molecule has 1 aliphatic heterocycles. The molecule has 1 saturated heterocycles. The Balaban J connectivity index is 1.33. The normalized spacial score (nSPS) is 17.6. The maximum Gasteiger partial charge on any atom is 0.410 e. The lowest BCUT2D eigenvalue weighted by molar-refractivity contribution is 0.0690. The predicted molar refractivity (Wildman–Crippen MR) is 107 cm³/mol. The van der Waals surface area contributed by atoms with Crippen LogP contribution in [0.5, 0.6) is 0 Å². The second-order valence-electron chi connectivity index (χ2n) is 7.53. The van der Waals surface area contributed by atoms with Gasteiger partial charge in [0.2, 0.25) is 5.89 Å². The van der Waals surface area contributed by atoms with Crippen LogP contribution in [0, 0.1) is 0 Å². The first-order valence-electron chi connectivity index (χ1n) is 9.94. The summed E-state index contributed by atoms with van der Waals surface area (Å²) in [5.74, 6) is -0.933. The van der Waals surface area contributed by atoms with Crippen LogP contribution in [0.4, 0.5) is 4.79 Å². The minimum atomic E-state index is -1.16. The number of carbonyl (C=O) groups is 2. The summed E-state index contributed by atoms with van der Waals surface area (Å²) in [6.07, 6.45) is 2.10. The van der Waals surface area contributed by atoms with E-state index in [-0.39, 0.29) is 24.1 Å². The van der Waals surface area contributed by atoms with Crippen LogP contribution in [0.25, 0.3) is 11.1 Å². The quantitative estimate of drug-likeness (QED) is 0.690. The van der Waals surface area contributed by atoms with Gasteiger partial charge in [0.15, 0.2) is 5.69 Å². The third kappa shape index (κ3) is 3.03. The minimum Gasteiger partial charge on any atom is -0.476 e. The fourth-order valence-electron chi connectivity index (χ4n) is 4.46. The molecule has 0 spiro atoms. The van der Waals surface area contributed by atoms with E-state index in [0.717, 1.165) is 23.8 Å². The first-order valence-corrected chi connectivity index (χ1v) is 9.94. The summed E-state index contributed by atoms with van der Waals surface area (Å²) < 4.78 is 11.1. The molecule has 1 atom stereocenters. The lowest BCUT2D eigenvalue weighted by Crippen LogP contribution is -2.32. The van der Waals surface area contributed by atoms with E-state index in [1.54, 1.807) is 4.90 Å². The second-order valence-corrected chi connectivity index (χ2v) is 7.53. The largest absolute Gasteiger partial charge is 0.476 e. The van der Waals surface area contributed by atoms with E-state index in [1.165, 1.54) is 11.1 Å². The molecule has 2 aliphatic rings.